The van der Waals surface area contributed by atoms with Crippen LogP contribution in [0.3, 0.4) is 0 Å². The maximum Gasteiger partial charge on any atom is 0.227 e. The fourth-order valence-electron chi connectivity index (χ4n) is 1.29. The molecule has 1 saturated heterocycles. The fraction of sp³-hybridized carbons (Fsp3) is 0.400. The second-order valence-corrected chi connectivity index (χ2v) is 3.18. The second kappa shape index (κ2) is 3.25. The van der Waals surface area contributed by atoms with Gasteiger partial charge in [-0.2, -0.15) is 0 Å². The summed E-state index contributed by atoms with van der Waals surface area (Å²) in [5.41, 5.74) is 1.000. The van der Waals surface area contributed by atoms with Gasteiger partial charge >= 0.3 is 0 Å². The minimum Gasteiger partial charge on any atom is -0.420 e. The smallest absolute Gasteiger partial charge is 0.227 e. The quantitative estimate of drug-likeness (QED) is 0.526. The molecule has 64 valence electrons. The molecule has 2 atom stereocenters. The molecule has 1 heterocycles. The lowest BCUT2D eigenvalue weighted by Gasteiger charge is -2.06. The van der Waals surface area contributed by atoms with E-state index >= 15 is 0 Å². The molecule has 0 spiro atoms. The van der Waals surface area contributed by atoms with Gasteiger partial charge in [0.2, 0.25) is 12.7 Å². The number of rotatable bonds is 3. The molecule has 1 fully saturated rings. The molecular weight excluding hydrogens is 152 g/mol. The standard InChI is InChI=1S/C10H12O2/c11-10(6-9-7-12-9)8-4-2-1-3-5-8/h1-5,9-11H,6-7H2/p+1. The lowest BCUT2D eigenvalue weighted by Crippen LogP contribution is -2.01. The Hall–Kier alpha value is -0.860. The monoisotopic (exact) mass is 165 g/mol. The first-order chi connectivity index (χ1) is 5.86. The van der Waals surface area contributed by atoms with Crippen molar-refractivity contribution in [2.24, 2.45) is 0 Å². The maximum absolute atomic E-state index is 9.67. The summed E-state index contributed by atoms with van der Waals surface area (Å²) >= 11 is 0. The summed E-state index contributed by atoms with van der Waals surface area (Å²) in [5.74, 6) is 0. The Bertz CT molecular complexity index is 241. The van der Waals surface area contributed by atoms with Gasteiger partial charge in [0.25, 0.3) is 0 Å². The first kappa shape index (κ1) is 7.77. The van der Waals surface area contributed by atoms with Gasteiger partial charge < -0.3 is 9.84 Å². The van der Waals surface area contributed by atoms with Crippen LogP contribution in [0.1, 0.15) is 18.1 Å². The summed E-state index contributed by atoms with van der Waals surface area (Å²) in [7, 11) is 0. The van der Waals surface area contributed by atoms with E-state index in [1.807, 2.05) is 30.3 Å². The van der Waals surface area contributed by atoms with Crippen molar-refractivity contribution in [1.29, 1.82) is 0 Å². The number of aliphatic hydroxyl groups is 3. The summed E-state index contributed by atoms with van der Waals surface area (Å²) in [4.78, 5) is 0. The number of hydrogen-bond donors (Lipinski definition) is 1. The predicted molar refractivity (Wildman–Crippen MR) is 46.9 cm³/mol. The third-order valence-corrected chi connectivity index (χ3v) is 2.12. The molecular formula is C10H13O2+. The summed E-state index contributed by atoms with van der Waals surface area (Å²) in [6.07, 6.45) is 0.868. The van der Waals surface area contributed by atoms with E-state index in [0.29, 0.717) is 6.10 Å². The van der Waals surface area contributed by atoms with Gasteiger partial charge in [0.1, 0.15) is 0 Å². The minimum atomic E-state index is -0.331. The number of epoxide rings is 1. The predicted octanol–water partition coefficient (Wildman–Crippen LogP) is 1.02. The van der Waals surface area contributed by atoms with Crippen LogP contribution in [0.4, 0.5) is 0 Å². The topological polar surface area (TPSA) is 33.0 Å². The molecule has 0 radical (unpaired) electrons. The lowest BCUT2D eigenvalue weighted by molar-refractivity contribution is 0.121. The van der Waals surface area contributed by atoms with E-state index in [0.717, 1.165) is 18.6 Å². The van der Waals surface area contributed by atoms with Crippen LogP contribution in [0.15, 0.2) is 30.3 Å². The van der Waals surface area contributed by atoms with E-state index in [-0.39, 0.29) is 6.10 Å². The Morgan fingerprint density at radius 3 is 2.67 bits per heavy atom. The highest BCUT2D eigenvalue weighted by atomic mass is 16.6. The van der Waals surface area contributed by atoms with Crippen LogP contribution in [0.2, 0.25) is 0 Å². The first-order valence-corrected chi connectivity index (χ1v) is 4.26. The van der Waals surface area contributed by atoms with Crippen molar-refractivity contribution in [2.45, 2.75) is 18.6 Å². The molecule has 0 aliphatic carbocycles. The van der Waals surface area contributed by atoms with Crippen LogP contribution < -0.4 is 0 Å². The minimum absolute atomic E-state index is 0.331. The van der Waals surface area contributed by atoms with Gasteiger partial charge in [-0.3, -0.25) is 0 Å². The van der Waals surface area contributed by atoms with Gasteiger partial charge in [-0.1, -0.05) is 30.3 Å². The molecule has 1 aliphatic rings. The van der Waals surface area contributed by atoms with Crippen molar-refractivity contribution in [1.82, 2.24) is 0 Å². The zero-order valence-corrected chi connectivity index (χ0v) is 6.85. The number of aliphatic hydroxyl groups excluding tert-OH is 1. The van der Waals surface area contributed by atoms with Crippen LogP contribution in [-0.2, 0) is 0 Å². The second-order valence-electron chi connectivity index (χ2n) is 3.18. The average Bonchev–Trinajstić information content (AvgIpc) is 2.90. The van der Waals surface area contributed by atoms with Gasteiger partial charge in [-0.15, -0.1) is 0 Å². The van der Waals surface area contributed by atoms with Crippen molar-refractivity contribution in [3.8, 4) is 0 Å². The highest BCUT2D eigenvalue weighted by Crippen LogP contribution is 2.22. The van der Waals surface area contributed by atoms with Gasteiger partial charge in [0, 0.05) is 0 Å². The number of hydrogen-bond acceptors (Lipinski definition) is 1. The van der Waals surface area contributed by atoms with Gasteiger partial charge in [0.05, 0.1) is 12.5 Å². The molecule has 2 heteroatoms. The molecule has 2 rings (SSSR count). The van der Waals surface area contributed by atoms with Crippen molar-refractivity contribution in [3.63, 3.8) is 0 Å². The molecule has 12 heavy (non-hydrogen) atoms. The van der Waals surface area contributed by atoms with Gasteiger partial charge in [-0.05, 0) is 5.56 Å². The highest BCUT2D eigenvalue weighted by molar-refractivity contribution is 5.17. The molecule has 2 N–H and O–H groups in total. The van der Waals surface area contributed by atoms with Crippen molar-refractivity contribution in [3.05, 3.63) is 35.9 Å². The summed E-state index contributed by atoms with van der Waals surface area (Å²) in [5, 5.41) is 9.67. The fourth-order valence-corrected chi connectivity index (χ4v) is 1.29. The van der Waals surface area contributed by atoms with Crippen LogP contribution >= 0.6 is 0 Å². The Morgan fingerprint density at radius 1 is 1.42 bits per heavy atom. The molecule has 1 aromatic rings. The largest absolute Gasteiger partial charge is 0.420 e. The zero-order chi connectivity index (χ0) is 8.39. The van der Waals surface area contributed by atoms with E-state index in [1.165, 1.54) is 0 Å². The Labute approximate surface area is 71.8 Å². The summed E-state index contributed by atoms with van der Waals surface area (Å²) in [6.45, 7) is 0.934. The third kappa shape index (κ3) is 1.84. The molecule has 2 unspecified atom stereocenters. The number of benzene rings is 1. The normalized spacial score (nSPS) is 23.6. The van der Waals surface area contributed by atoms with Gasteiger partial charge in [-0.25, -0.2) is 0 Å². The van der Waals surface area contributed by atoms with Crippen LogP contribution in [0, 0.1) is 0 Å². The van der Waals surface area contributed by atoms with E-state index in [1.54, 1.807) is 0 Å². The lowest BCUT2D eigenvalue weighted by atomic mass is 10.1. The average molecular weight is 165 g/mol. The Kier molecular flexibility index (Phi) is 2.11. The third-order valence-electron chi connectivity index (χ3n) is 2.12. The Morgan fingerprint density at radius 2 is 2.08 bits per heavy atom. The molecule has 2 nitrogen and oxygen atoms in total. The summed E-state index contributed by atoms with van der Waals surface area (Å²) in [6, 6.07) is 9.75. The van der Waals surface area contributed by atoms with Crippen molar-refractivity contribution in [2.75, 3.05) is 6.61 Å². The molecule has 1 aromatic carbocycles. The zero-order valence-electron chi connectivity index (χ0n) is 6.85. The van der Waals surface area contributed by atoms with E-state index < -0.39 is 0 Å². The first-order valence-electron chi connectivity index (χ1n) is 4.26. The van der Waals surface area contributed by atoms with E-state index in [9.17, 15) is 5.11 Å². The van der Waals surface area contributed by atoms with Gasteiger partial charge in [0.15, 0.2) is 0 Å². The molecule has 0 saturated carbocycles. The van der Waals surface area contributed by atoms with E-state index in [2.05, 4.69) is 4.74 Å². The molecule has 0 bridgehead atoms. The van der Waals surface area contributed by atoms with Crippen molar-refractivity contribution >= 4 is 0 Å². The number of ether oxygens (including phenoxy) is 1. The van der Waals surface area contributed by atoms with E-state index in [4.69, 9.17) is 0 Å². The SMILES string of the molecule is OC(CC1C[OH+]1)c1ccccc1. The van der Waals surface area contributed by atoms with Crippen LogP contribution in [-0.4, -0.2) is 22.6 Å². The highest BCUT2D eigenvalue weighted by Gasteiger charge is 2.33. The van der Waals surface area contributed by atoms with Crippen molar-refractivity contribution < 1.29 is 9.84 Å². The summed E-state index contributed by atoms with van der Waals surface area (Å²) < 4.78 is 4.11. The molecule has 0 aromatic heterocycles. The van der Waals surface area contributed by atoms with Crippen LogP contribution in [0.25, 0.3) is 0 Å². The Balaban J connectivity index is 1.98. The molecule has 0 amide bonds. The van der Waals surface area contributed by atoms with Crippen LogP contribution in [0.5, 0.6) is 0 Å². The maximum atomic E-state index is 9.67. The molecule has 1 aliphatic heterocycles.